The molecule has 3 nitrogen and oxygen atoms in total. The van der Waals surface area contributed by atoms with E-state index in [1.54, 1.807) is 6.92 Å². The SMILES string of the molecule is CCC(C)(N)C(=O)Nc1c(F)ccc(C)c1F. The number of amides is 1. The van der Waals surface area contributed by atoms with Gasteiger partial charge < -0.3 is 11.1 Å². The second kappa shape index (κ2) is 4.79. The molecular formula is C12H16F2N2O. The molecule has 0 aliphatic rings. The molecule has 1 unspecified atom stereocenters. The molecule has 1 aromatic carbocycles. The lowest BCUT2D eigenvalue weighted by Crippen LogP contribution is -2.48. The number of hydrogen-bond donors (Lipinski definition) is 2. The molecule has 0 aromatic heterocycles. The van der Waals surface area contributed by atoms with E-state index in [2.05, 4.69) is 5.32 Å². The fourth-order valence-corrected chi connectivity index (χ4v) is 1.19. The smallest absolute Gasteiger partial charge is 0.244 e. The van der Waals surface area contributed by atoms with Gasteiger partial charge in [-0.3, -0.25) is 4.79 Å². The third kappa shape index (κ3) is 2.79. The second-order valence-electron chi connectivity index (χ2n) is 4.28. The van der Waals surface area contributed by atoms with Gasteiger partial charge in [0.2, 0.25) is 5.91 Å². The number of nitrogens with two attached hydrogens (primary N) is 1. The number of halogens is 2. The summed E-state index contributed by atoms with van der Waals surface area (Å²) >= 11 is 0. The summed E-state index contributed by atoms with van der Waals surface area (Å²) in [6.07, 6.45) is 0.369. The lowest BCUT2D eigenvalue weighted by Gasteiger charge is -2.22. The average molecular weight is 242 g/mol. The van der Waals surface area contributed by atoms with Gasteiger partial charge in [-0.1, -0.05) is 13.0 Å². The van der Waals surface area contributed by atoms with Crippen LogP contribution < -0.4 is 11.1 Å². The summed E-state index contributed by atoms with van der Waals surface area (Å²) in [5.41, 5.74) is 4.36. The van der Waals surface area contributed by atoms with Crippen molar-refractivity contribution in [3.8, 4) is 0 Å². The summed E-state index contributed by atoms with van der Waals surface area (Å²) in [6.45, 7) is 4.72. The van der Waals surface area contributed by atoms with Crippen molar-refractivity contribution in [1.29, 1.82) is 0 Å². The van der Waals surface area contributed by atoms with Gasteiger partial charge in [-0.25, -0.2) is 8.78 Å². The Morgan fingerprint density at radius 3 is 2.59 bits per heavy atom. The molecule has 94 valence electrons. The number of carbonyl (C=O) groups is 1. The normalized spacial score (nSPS) is 14.2. The zero-order chi connectivity index (χ0) is 13.2. The van der Waals surface area contributed by atoms with Crippen molar-refractivity contribution in [3.63, 3.8) is 0 Å². The maximum atomic E-state index is 13.6. The van der Waals surface area contributed by atoms with E-state index in [0.29, 0.717) is 6.42 Å². The molecule has 17 heavy (non-hydrogen) atoms. The standard InChI is InChI=1S/C12H16F2N2O/c1-4-12(3,15)11(17)16-10-8(13)6-5-7(2)9(10)14/h5-6H,4,15H2,1-3H3,(H,16,17). The molecule has 0 aliphatic heterocycles. The number of carbonyl (C=O) groups excluding carboxylic acids is 1. The highest BCUT2D eigenvalue weighted by atomic mass is 19.1. The van der Waals surface area contributed by atoms with Crippen LogP contribution in [0.5, 0.6) is 0 Å². The summed E-state index contributed by atoms with van der Waals surface area (Å²) in [5, 5.41) is 2.20. The minimum absolute atomic E-state index is 0.261. The van der Waals surface area contributed by atoms with Crippen LogP contribution in [-0.4, -0.2) is 11.4 Å². The Labute approximate surface area is 99.0 Å². The highest BCUT2D eigenvalue weighted by Gasteiger charge is 2.27. The Balaban J connectivity index is 3.04. The average Bonchev–Trinajstić information content (AvgIpc) is 2.29. The molecule has 1 aromatic rings. The van der Waals surface area contributed by atoms with E-state index in [9.17, 15) is 13.6 Å². The maximum Gasteiger partial charge on any atom is 0.244 e. The van der Waals surface area contributed by atoms with Crippen LogP contribution in [0.25, 0.3) is 0 Å². The molecule has 0 bridgehead atoms. The molecule has 0 saturated carbocycles. The minimum Gasteiger partial charge on any atom is -0.320 e. The molecule has 0 aliphatic carbocycles. The third-order valence-corrected chi connectivity index (χ3v) is 2.78. The Bertz CT molecular complexity index is 444. The largest absolute Gasteiger partial charge is 0.320 e. The predicted molar refractivity (Wildman–Crippen MR) is 62.6 cm³/mol. The van der Waals surface area contributed by atoms with Gasteiger partial charge in [0.25, 0.3) is 0 Å². The van der Waals surface area contributed by atoms with Gasteiger partial charge >= 0.3 is 0 Å². The fraction of sp³-hybridized carbons (Fsp3) is 0.417. The quantitative estimate of drug-likeness (QED) is 0.854. The molecule has 0 heterocycles. The van der Waals surface area contributed by atoms with Crippen LogP contribution in [0.1, 0.15) is 25.8 Å². The second-order valence-corrected chi connectivity index (χ2v) is 4.28. The summed E-state index contributed by atoms with van der Waals surface area (Å²) in [4.78, 5) is 11.7. The molecule has 5 heteroatoms. The molecular weight excluding hydrogens is 226 g/mol. The summed E-state index contributed by atoms with van der Waals surface area (Å²) < 4.78 is 27.0. The lowest BCUT2D eigenvalue weighted by molar-refractivity contribution is -0.120. The van der Waals surface area contributed by atoms with Crippen molar-refractivity contribution in [1.82, 2.24) is 0 Å². The highest BCUT2D eigenvalue weighted by molar-refractivity contribution is 5.97. The molecule has 1 atom stereocenters. The number of benzene rings is 1. The number of hydrogen-bond acceptors (Lipinski definition) is 2. The Hall–Kier alpha value is -1.49. The number of anilines is 1. The monoisotopic (exact) mass is 242 g/mol. The maximum absolute atomic E-state index is 13.6. The van der Waals surface area contributed by atoms with Crippen molar-refractivity contribution < 1.29 is 13.6 Å². The van der Waals surface area contributed by atoms with Gasteiger partial charge in [-0.05, 0) is 31.9 Å². The fourth-order valence-electron chi connectivity index (χ4n) is 1.19. The number of rotatable bonds is 3. The van der Waals surface area contributed by atoms with E-state index in [1.807, 2.05) is 0 Å². The van der Waals surface area contributed by atoms with E-state index in [1.165, 1.54) is 19.9 Å². The molecule has 0 spiro atoms. The van der Waals surface area contributed by atoms with Crippen LogP contribution >= 0.6 is 0 Å². The molecule has 0 fully saturated rings. The van der Waals surface area contributed by atoms with Crippen molar-refractivity contribution in [2.45, 2.75) is 32.7 Å². The van der Waals surface area contributed by atoms with Gasteiger partial charge in [-0.2, -0.15) is 0 Å². The van der Waals surface area contributed by atoms with Crippen LogP contribution in [0.15, 0.2) is 12.1 Å². The van der Waals surface area contributed by atoms with Gasteiger partial charge in [0.05, 0.1) is 5.54 Å². The Kier molecular flexibility index (Phi) is 3.83. The van der Waals surface area contributed by atoms with Gasteiger partial charge in [0, 0.05) is 0 Å². The zero-order valence-electron chi connectivity index (χ0n) is 10.1. The Morgan fingerprint density at radius 1 is 1.47 bits per heavy atom. The number of nitrogens with one attached hydrogen (secondary N) is 1. The summed E-state index contributed by atoms with van der Waals surface area (Å²) in [5.74, 6) is -2.19. The first-order chi connectivity index (χ1) is 7.79. The van der Waals surface area contributed by atoms with E-state index < -0.39 is 28.8 Å². The van der Waals surface area contributed by atoms with Crippen molar-refractivity contribution in [2.24, 2.45) is 5.73 Å². The van der Waals surface area contributed by atoms with E-state index in [4.69, 9.17) is 5.73 Å². The van der Waals surface area contributed by atoms with Crippen LogP contribution in [-0.2, 0) is 4.79 Å². The molecule has 0 saturated heterocycles. The molecule has 3 N–H and O–H groups in total. The topological polar surface area (TPSA) is 55.1 Å². The Morgan fingerprint density at radius 2 is 2.06 bits per heavy atom. The van der Waals surface area contributed by atoms with Gasteiger partial charge in [0.15, 0.2) is 5.82 Å². The van der Waals surface area contributed by atoms with Crippen LogP contribution in [0.2, 0.25) is 0 Å². The van der Waals surface area contributed by atoms with Crippen LogP contribution in [0.3, 0.4) is 0 Å². The van der Waals surface area contributed by atoms with Crippen molar-refractivity contribution in [2.75, 3.05) is 5.32 Å². The minimum atomic E-state index is -1.15. The van der Waals surface area contributed by atoms with Crippen LogP contribution in [0, 0.1) is 18.6 Å². The van der Waals surface area contributed by atoms with E-state index in [0.717, 1.165) is 6.07 Å². The predicted octanol–water partition coefficient (Wildman–Crippen LogP) is 2.34. The molecule has 0 radical (unpaired) electrons. The zero-order valence-corrected chi connectivity index (χ0v) is 10.1. The lowest BCUT2D eigenvalue weighted by atomic mass is 9.99. The first kappa shape index (κ1) is 13.6. The summed E-state index contributed by atoms with van der Waals surface area (Å²) in [7, 11) is 0. The van der Waals surface area contributed by atoms with E-state index in [-0.39, 0.29) is 5.56 Å². The van der Waals surface area contributed by atoms with Gasteiger partial charge in [-0.15, -0.1) is 0 Å². The third-order valence-electron chi connectivity index (χ3n) is 2.78. The first-order valence-corrected chi connectivity index (χ1v) is 5.34. The van der Waals surface area contributed by atoms with Gasteiger partial charge in [0.1, 0.15) is 11.5 Å². The van der Waals surface area contributed by atoms with Crippen molar-refractivity contribution >= 4 is 11.6 Å². The van der Waals surface area contributed by atoms with E-state index >= 15 is 0 Å². The molecule has 1 rings (SSSR count). The highest BCUT2D eigenvalue weighted by Crippen LogP contribution is 2.22. The van der Waals surface area contributed by atoms with Crippen molar-refractivity contribution in [3.05, 3.63) is 29.3 Å². The van der Waals surface area contributed by atoms with Crippen LogP contribution in [0.4, 0.5) is 14.5 Å². The number of aryl methyl sites for hydroxylation is 1. The molecule has 1 amide bonds. The summed E-state index contributed by atoms with van der Waals surface area (Å²) in [6, 6.07) is 2.41. The first-order valence-electron chi connectivity index (χ1n) is 5.34.